The van der Waals surface area contributed by atoms with Crippen molar-refractivity contribution in [1.82, 2.24) is 10.3 Å². The summed E-state index contributed by atoms with van der Waals surface area (Å²) >= 11 is 1.92. The summed E-state index contributed by atoms with van der Waals surface area (Å²) in [4.78, 5) is 13.5. The minimum atomic E-state index is -0.0946. The van der Waals surface area contributed by atoms with Crippen LogP contribution in [0, 0.1) is 0 Å². The van der Waals surface area contributed by atoms with E-state index >= 15 is 0 Å². The van der Waals surface area contributed by atoms with E-state index in [0.29, 0.717) is 0 Å². The van der Waals surface area contributed by atoms with Crippen molar-refractivity contribution in [2.75, 3.05) is 19.3 Å². The lowest BCUT2D eigenvalue weighted by Gasteiger charge is -2.34. The fraction of sp³-hybridized carbons (Fsp3) is 0.889. The Morgan fingerprint density at radius 2 is 2.14 bits per heavy atom. The number of likely N-dealkylation sites (tertiary alicyclic amines) is 1. The SMILES string of the molecule is CSC1CCN(C(C)C(=O)NN)CC1. The molecule has 0 aromatic rings. The second-order valence-corrected chi connectivity index (χ2v) is 4.79. The number of carbonyl (C=O) groups excluding carboxylic acids is 1. The van der Waals surface area contributed by atoms with Crippen molar-refractivity contribution in [3.63, 3.8) is 0 Å². The van der Waals surface area contributed by atoms with E-state index in [2.05, 4.69) is 16.6 Å². The van der Waals surface area contributed by atoms with Crippen molar-refractivity contribution in [2.45, 2.75) is 31.1 Å². The third-order valence-corrected chi connectivity index (χ3v) is 4.02. The third kappa shape index (κ3) is 2.87. The van der Waals surface area contributed by atoms with Gasteiger partial charge < -0.3 is 0 Å². The van der Waals surface area contributed by atoms with Crippen molar-refractivity contribution in [3.8, 4) is 0 Å². The first-order valence-electron chi connectivity index (χ1n) is 4.96. The Bertz CT molecular complexity index is 192. The average Bonchev–Trinajstić information content (AvgIpc) is 2.27. The maximum Gasteiger partial charge on any atom is 0.250 e. The minimum Gasteiger partial charge on any atom is -0.293 e. The smallest absolute Gasteiger partial charge is 0.250 e. The lowest BCUT2D eigenvalue weighted by molar-refractivity contribution is -0.126. The van der Waals surface area contributed by atoms with E-state index in [1.54, 1.807) is 0 Å². The molecule has 0 radical (unpaired) electrons. The van der Waals surface area contributed by atoms with Gasteiger partial charge in [0, 0.05) is 5.25 Å². The second-order valence-electron chi connectivity index (χ2n) is 3.66. The molecule has 1 aliphatic rings. The summed E-state index contributed by atoms with van der Waals surface area (Å²) in [6.07, 6.45) is 4.49. The molecule has 1 aliphatic heterocycles. The van der Waals surface area contributed by atoms with E-state index in [1.807, 2.05) is 18.7 Å². The van der Waals surface area contributed by atoms with Gasteiger partial charge in [0.1, 0.15) is 0 Å². The van der Waals surface area contributed by atoms with E-state index in [-0.39, 0.29) is 11.9 Å². The Hall–Kier alpha value is -0.260. The molecular weight excluding hydrogens is 198 g/mol. The zero-order valence-electron chi connectivity index (χ0n) is 8.82. The largest absolute Gasteiger partial charge is 0.293 e. The zero-order chi connectivity index (χ0) is 10.6. The van der Waals surface area contributed by atoms with Crippen LogP contribution in [0.25, 0.3) is 0 Å². The highest BCUT2D eigenvalue weighted by Gasteiger charge is 2.25. The Kier molecular flexibility index (Phi) is 4.71. The van der Waals surface area contributed by atoms with E-state index in [1.165, 1.54) is 12.8 Å². The Balaban J connectivity index is 2.37. The van der Waals surface area contributed by atoms with Crippen LogP contribution in [0.3, 0.4) is 0 Å². The van der Waals surface area contributed by atoms with Gasteiger partial charge in [-0.05, 0) is 39.1 Å². The van der Waals surface area contributed by atoms with Crippen molar-refractivity contribution in [1.29, 1.82) is 0 Å². The molecule has 1 amide bonds. The monoisotopic (exact) mass is 217 g/mol. The molecule has 1 unspecified atom stereocenters. The highest BCUT2D eigenvalue weighted by Crippen LogP contribution is 2.21. The maximum absolute atomic E-state index is 11.3. The van der Waals surface area contributed by atoms with Gasteiger partial charge >= 0.3 is 0 Å². The molecule has 5 heteroatoms. The van der Waals surface area contributed by atoms with Gasteiger partial charge in [0.15, 0.2) is 0 Å². The molecule has 1 heterocycles. The molecule has 14 heavy (non-hydrogen) atoms. The molecule has 4 nitrogen and oxygen atoms in total. The van der Waals surface area contributed by atoms with Crippen molar-refractivity contribution in [2.24, 2.45) is 5.84 Å². The summed E-state index contributed by atoms with van der Waals surface area (Å²) in [7, 11) is 0. The summed E-state index contributed by atoms with van der Waals surface area (Å²) in [5, 5.41) is 0.763. The molecule has 0 bridgehead atoms. The van der Waals surface area contributed by atoms with Gasteiger partial charge in [0.2, 0.25) is 0 Å². The van der Waals surface area contributed by atoms with Crippen LogP contribution in [0.5, 0.6) is 0 Å². The molecule has 82 valence electrons. The number of nitrogens with zero attached hydrogens (tertiary/aromatic N) is 1. The summed E-state index contributed by atoms with van der Waals surface area (Å²) < 4.78 is 0. The van der Waals surface area contributed by atoms with Crippen molar-refractivity contribution >= 4 is 17.7 Å². The molecule has 1 fully saturated rings. The van der Waals surface area contributed by atoms with E-state index in [4.69, 9.17) is 5.84 Å². The number of carbonyl (C=O) groups is 1. The predicted molar refractivity (Wildman–Crippen MR) is 59.9 cm³/mol. The Morgan fingerprint density at radius 3 is 2.57 bits per heavy atom. The standard InChI is InChI=1S/C9H19N3OS/c1-7(9(13)11-10)12-5-3-8(14-2)4-6-12/h7-8H,3-6,10H2,1-2H3,(H,11,13). The Labute approximate surface area is 89.6 Å². The number of hydrazine groups is 1. The van der Waals surface area contributed by atoms with Crippen LogP contribution in [0.1, 0.15) is 19.8 Å². The quantitative estimate of drug-likeness (QED) is 0.402. The number of hydrogen-bond donors (Lipinski definition) is 2. The molecule has 0 saturated carbocycles. The van der Waals surface area contributed by atoms with Gasteiger partial charge in [-0.3, -0.25) is 15.1 Å². The summed E-state index contributed by atoms with van der Waals surface area (Å²) in [5.74, 6) is 5.01. The molecule has 0 aromatic heterocycles. The van der Waals surface area contributed by atoms with Crippen LogP contribution < -0.4 is 11.3 Å². The highest BCUT2D eigenvalue weighted by atomic mass is 32.2. The number of nitrogens with two attached hydrogens (primary N) is 1. The fourth-order valence-corrected chi connectivity index (χ4v) is 2.47. The first-order valence-corrected chi connectivity index (χ1v) is 6.25. The molecule has 0 aliphatic carbocycles. The van der Waals surface area contributed by atoms with Crippen LogP contribution in [0.15, 0.2) is 0 Å². The third-order valence-electron chi connectivity index (χ3n) is 2.88. The van der Waals surface area contributed by atoms with Crippen LogP contribution in [-0.4, -0.2) is 41.4 Å². The maximum atomic E-state index is 11.3. The molecule has 0 spiro atoms. The minimum absolute atomic E-state index is 0.0902. The van der Waals surface area contributed by atoms with Crippen LogP contribution in [-0.2, 0) is 4.79 Å². The van der Waals surface area contributed by atoms with Crippen molar-refractivity contribution < 1.29 is 4.79 Å². The topological polar surface area (TPSA) is 58.4 Å². The first kappa shape index (κ1) is 11.8. The van der Waals surface area contributed by atoms with E-state index in [0.717, 1.165) is 18.3 Å². The molecule has 1 saturated heterocycles. The number of rotatable bonds is 3. The summed E-state index contributed by atoms with van der Waals surface area (Å²) in [6.45, 7) is 3.90. The van der Waals surface area contributed by atoms with Crippen LogP contribution in [0.2, 0.25) is 0 Å². The van der Waals surface area contributed by atoms with Gasteiger partial charge in [-0.15, -0.1) is 0 Å². The van der Waals surface area contributed by atoms with Gasteiger partial charge in [0.05, 0.1) is 6.04 Å². The fourth-order valence-electron chi connectivity index (χ4n) is 1.79. The highest BCUT2D eigenvalue weighted by molar-refractivity contribution is 7.99. The number of thioether (sulfide) groups is 1. The second kappa shape index (κ2) is 5.58. The van der Waals surface area contributed by atoms with Gasteiger partial charge in [-0.25, -0.2) is 5.84 Å². The Morgan fingerprint density at radius 1 is 1.57 bits per heavy atom. The number of amides is 1. The van der Waals surface area contributed by atoms with Gasteiger partial charge in [0.25, 0.3) is 5.91 Å². The normalized spacial score (nSPS) is 21.9. The summed E-state index contributed by atoms with van der Waals surface area (Å²) in [6, 6.07) is -0.0946. The lowest BCUT2D eigenvalue weighted by Crippen LogP contribution is -2.50. The number of nitrogens with one attached hydrogen (secondary N) is 1. The molecule has 1 rings (SSSR count). The van der Waals surface area contributed by atoms with Crippen molar-refractivity contribution in [3.05, 3.63) is 0 Å². The molecule has 3 N–H and O–H groups in total. The van der Waals surface area contributed by atoms with Crippen LogP contribution >= 0.6 is 11.8 Å². The zero-order valence-corrected chi connectivity index (χ0v) is 9.64. The van der Waals surface area contributed by atoms with Crippen LogP contribution in [0.4, 0.5) is 0 Å². The average molecular weight is 217 g/mol. The first-order chi connectivity index (χ1) is 6.69. The van der Waals surface area contributed by atoms with Gasteiger partial charge in [-0.1, -0.05) is 0 Å². The van der Waals surface area contributed by atoms with E-state index < -0.39 is 0 Å². The van der Waals surface area contributed by atoms with Gasteiger partial charge in [-0.2, -0.15) is 11.8 Å². The van der Waals surface area contributed by atoms with E-state index in [9.17, 15) is 4.79 Å². The molecular formula is C9H19N3OS. The molecule has 1 atom stereocenters. The number of hydrogen-bond acceptors (Lipinski definition) is 4. The lowest BCUT2D eigenvalue weighted by atomic mass is 10.1. The molecule has 0 aromatic carbocycles. The summed E-state index contributed by atoms with van der Waals surface area (Å²) in [5.41, 5.74) is 2.20. The number of piperidine rings is 1. The predicted octanol–water partition coefficient (Wildman–Crippen LogP) is 0.192.